The van der Waals surface area contributed by atoms with E-state index < -0.39 is 10.0 Å². The van der Waals surface area contributed by atoms with Crippen molar-refractivity contribution in [3.63, 3.8) is 0 Å². The second-order valence-electron chi connectivity index (χ2n) is 7.23. The van der Waals surface area contributed by atoms with Crippen LogP contribution in [0.25, 0.3) is 0 Å². The topological polar surface area (TPSA) is 77.0 Å². The Morgan fingerprint density at radius 2 is 1.76 bits per heavy atom. The fraction of sp³-hybridized carbons (Fsp3) is 0.650. The highest BCUT2D eigenvalue weighted by Gasteiger charge is 2.14. The third-order valence-electron chi connectivity index (χ3n) is 5.09. The number of nitrogens with one attached hydrogen (secondary N) is 2. The van der Waals surface area contributed by atoms with Crippen molar-refractivity contribution in [3.8, 4) is 0 Å². The van der Waals surface area contributed by atoms with Gasteiger partial charge in [0.15, 0.2) is 5.96 Å². The molecule has 0 atom stereocenters. The number of guanidine groups is 1. The Bertz CT molecular complexity index is 719. The number of likely N-dealkylation sites (tertiary alicyclic amines) is 1. The molecule has 0 saturated carbocycles. The first-order valence-corrected chi connectivity index (χ1v) is 11.7. The number of halogens is 1. The minimum Gasteiger partial charge on any atom is -0.356 e. The molecule has 0 unspecified atom stereocenters. The minimum absolute atomic E-state index is 0. The van der Waals surface area contributed by atoms with E-state index >= 15 is 0 Å². The Balaban J connectivity index is 0.00000420. The van der Waals surface area contributed by atoms with E-state index in [1.54, 1.807) is 21.0 Å². The Hall–Kier alpha value is -0.910. The van der Waals surface area contributed by atoms with Gasteiger partial charge in [0.2, 0.25) is 10.0 Å². The van der Waals surface area contributed by atoms with Gasteiger partial charge >= 0.3 is 0 Å². The third kappa shape index (κ3) is 9.18. The third-order valence-corrected chi connectivity index (χ3v) is 6.96. The summed E-state index contributed by atoms with van der Waals surface area (Å²) in [6.45, 7) is 7.00. The SMILES string of the molecule is CCS(=O)(=O)N(C)CCCNC(=NC)NCc1ccc(CN2CCCC2)cc1.I. The molecule has 0 radical (unpaired) electrons. The number of hydrogen-bond acceptors (Lipinski definition) is 4. The predicted molar refractivity (Wildman–Crippen MR) is 131 cm³/mol. The van der Waals surface area contributed by atoms with Crippen molar-refractivity contribution < 1.29 is 8.42 Å². The molecule has 0 bridgehead atoms. The summed E-state index contributed by atoms with van der Waals surface area (Å²) in [5.41, 5.74) is 2.57. The zero-order valence-corrected chi connectivity index (χ0v) is 21.0. The molecule has 0 aliphatic carbocycles. The molecule has 0 spiro atoms. The second kappa shape index (κ2) is 13.4. The van der Waals surface area contributed by atoms with E-state index in [1.807, 2.05) is 0 Å². The lowest BCUT2D eigenvalue weighted by Gasteiger charge is -2.17. The Kier molecular flexibility index (Phi) is 12.1. The van der Waals surface area contributed by atoms with E-state index in [1.165, 1.54) is 41.4 Å². The van der Waals surface area contributed by atoms with Gasteiger partial charge in [-0.25, -0.2) is 12.7 Å². The molecule has 166 valence electrons. The highest BCUT2D eigenvalue weighted by molar-refractivity contribution is 14.0. The van der Waals surface area contributed by atoms with Crippen LogP contribution in [-0.4, -0.2) is 69.6 Å². The quantitative estimate of drug-likeness (QED) is 0.207. The summed E-state index contributed by atoms with van der Waals surface area (Å²) in [6.07, 6.45) is 3.36. The molecule has 9 heteroatoms. The van der Waals surface area contributed by atoms with Gasteiger partial charge in [0.05, 0.1) is 5.75 Å². The van der Waals surface area contributed by atoms with Crippen molar-refractivity contribution in [2.24, 2.45) is 4.99 Å². The molecule has 1 aliphatic heterocycles. The van der Waals surface area contributed by atoms with Crippen molar-refractivity contribution in [2.45, 2.75) is 39.3 Å². The van der Waals surface area contributed by atoms with Gasteiger partial charge < -0.3 is 10.6 Å². The first-order chi connectivity index (χ1) is 13.4. The maximum atomic E-state index is 11.7. The summed E-state index contributed by atoms with van der Waals surface area (Å²) in [5, 5.41) is 6.54. The standard InChI is InChI=1S/C20H35N5O2S.HI/c1-4-28(26,27)24(3)13-7-12-22-20(21-2)23-16-18-8-10-19(11-9-18)17-25-14-5-6-15-25;/h8-11H,4-7,12-17H2,1-3H3,(H2,21,22,23);1H. The van der Waals surface area contributed by atoms with Gasteiger partial charge in [0.1, 0.15) is 0 Å². The molecular weight excluding hydrogens is 501 g/mol. The van der Waals surface area contributed by atoms with Gasteiger partial charge in [-0.1, -0.05) is 24.3 Å². The lowest BCUT2D eigenvalue weighted by molar-refractivity contribution is 0.331. The second-order valence-corrected chi connectivity index (χ2v) is 9.59. The number of benzene rings is 1. The van der Waals surface area contributed by atoms with Crippen LogP contribution in [0, 0.1) is 0 Å². The number of sulfonamides is 1. The van der Waals surface area contributed by atoms with Crippen molar-refractivity contribution in [2.75, 3.05) is 46.0 Å². The molecule has 1 heterocycles. The van der Waals surface area contributed by atoms with E-state index in [0.717, 1.165) is 18.9 Å². The average Bonchev–Trinajstić information content (AvgIpc) is 3.21. The van der Waals surface area contributed by atoms with Crippen molar-refractivity contribution in [1.82, 2.24) is 19.8 Å². The van der Waals surface area contributed by atoms with Crippen LogP contribution in [0.15, 0.2) is 29.3 Å². The number of nitrogens with zero attached hydrogens (tertiary/aromatic N) is 3. The Morgan fingerprint density at radius 3 is 2.34 bits per heavy atom. The molecule has 1 saturated heterocycles. The van der Waals surface area contributed by atoms with Crippen LogP contribution in [0.4, 0.5) is 0 Å². The molecule has 0 aromatic heterocycles. The van der Waals surface area contributed by atoms with Crippen LogP contribution >= 0.6 is 24.0 Å². The van der Waals surface area contributed by atoms with E-state index in [0.29, 0.717) is 19.6 Å². The van der Waals surface area contributed by atoms with Crippen LogP contribution in [0.3, 0.4) is 0 Å². The Labute approximate surface area is 193 Å². The first-order valence-electron chi connectivity index (χ1n) is 10.1. The molecule has 1 fully saturated rings. The van der Waals surface area contributed by atoms with Gasteiger partial charge in [0.25, 0.3) is 0 Å². The zero-order chi connectivity index (χ0) is 20.4. The average molecular weight is 538 g/mol. The molecule has 0 amide bonds. The molecule has 1 aromatic rings. The Morgan fingerprint density at radius 1 is 1.14 bits per heavy atom. The predicted octanol–water partition coefficient (Wildman–Crippen LogP) is 2.24. The number of aliphatic imine (C=N–C) groups is 1. The highest BCUT2D eigenvalue weighted by Crippen LogP contribution is 2.13. The molecule has 2 N–H and O–H groups in total. The molecule has 1 aliphatic rings. The summed E-state index contributed by atoms with van der Waals surface area (Å²) >= 11 is 0. The zero-order valence-electron chi connectivity index (χ0n) is 17.9. The molecule has 1 aromatic carbocycles. The van der Waals surface area contributed by atoms with Gasteiger partial charge in [-0.05, 0) is 50.4 Å². The minimum atomic E-state index is -3.11. The first kappa shape index (κ1) is 26.1. The summed E-state index contributed by atoms with van der Waals surface area (Å²) in [6, 6.07) is 8.73. The fourth-order valence-corrected chi connectivity index (χ4v) is 4.08. The summed E-state index contributed by atoms with van der Waals surface area (Å²) in [7, 11) is 0.257. The molecule has 7 nitrogen and oxygen atoms in total. The van der Waals surface area contributed by atoms with E-state index in [9.17, 15) is 8.42 Å². The maximum Gasteiger partial charge on any atom is 0.213 e. The molecule has 2 rings (SSSR count). The van der Waals surface area contributed by atoms with E-state index in [4.69, 9.17) is 0 Å². The largest absolute Gasteiger partial charge is 0.356 e. The lowest BCUT2D eigenvalue weighted by Crippen LogP contribution is -2.38. The smallest absolute Gasteiger partial charge is 0.213 e. The van der Waals surface area contributed by atoms with E-state index in [-0.39, 0.29) is 29.7 Å². The van der Waals surface area contributed by atoms with Gasteiger partial charge in [-0.2, -0.15) is 0 Å². The van der Waals surface area contributed by atoms with Crippen molar-refractivity contribution in [3.05, 3.63) is 35.4 Å². The summed E-state index contributed by atoms with van der Waals surface area (Å²) in [5.74, 6) is 0.860. The fourth-order valence-electron chi connectivity index (χ4n) is 3.24. The number of hydrogen-bond donors (Lipinski definition) is 2. The van der Waals surface area contributed by atoms with Crippen LogP contribution in [0.5, 0.6) is 0 Å². The van der Waals surface area contributed by atoms with Gasteiger partial charge in [0, 0.05) is 40.3 Å². The van der Waals surface area contributed by atoms with Gasteiger partial charge in [-0.3, -0.25) is 9.89 Å². The van der Waals surface area contributed by atoms with E-state index in [2.05, 4.69) is 44.8 Å². The maximum absolute atomic E-state index is 11.7. The summed E-state index contributed by atoms with van der Waals surface area (Å²) in [4.78, 5) is 6.73. The van der Waals surface area contributed by atoms with Crippen LogP contribution in [0.1, 0.15) is 37.3 Å². The lowest BCUT2D eigenvalue weighted by atomic mass is 10.1. The van der Waals surface area contributed by atoms with Crippen LogP contribution < -0.4 is 10.6 Å². The summed E-state index contributed by atoms with van der Waals surface area (Å²) < 4.78 is 24.9. The van der Waals surface area contributed by atoms with Gasteiger partial charge in [-0.15, -0.1) is 24.0 Å². The van der Waals surface area contributed by atoms with Crippen LogP contribution in [0.2, 0.25) is 0 Å². The highest BCUT2D eigenvalue weighted by atomic mass is 127. The van der Waals surface area contributed by atoms with Crippen molar-refractivity contribution in [1.29, 1.82) is 0 Å². The molecular formula is C20H36IN5O2S. The molecule has 29 heavy (non-hydrogen) atoms. The number of rotatable bonds is 10. The van der Waals surface area contributed by atoms with Crippen molar-refractivity contribution >= 4 is 40.0 Å². The normalized spacial score (nSPS) is 15.4. The van der Waals surface area contributed by atoms with Crippen LogP contribution in [-0.2, 0) is 23.1 Å². The monoisotopic (exact) mass is 537 g/mol.